The van der Waals surface area contributed by atoms with E-state index in [9.17, 15) is 8.78 Å². The third kappa shape index (κ3) is 5.08. The van der Waals surface area contributed by atoms with Crippen LogP contribution < -0.4 is 5.32 Å². The summed E-state index contributed by atoms with van der Waals surface area (Å²) in [5.41, 5.74) is 2.73. The van der Waals surface area contributed by atoms with Crippen LogP contribution in [0.15, 0.2) is 12.1 Å². The Morgan fingerprint density at radius 2 is 1.86 bits per heavy atom. The summed E-state index contributed by atoms with van der Waals surface area (Å²) in [5, 5.41) is 7.87. The number of hydrogen-bond acceptors (Lipinski definition) is 6. The van der Waals surface area contributed by atoms with E-state index in [4.69, 9.17) is 9.72 Å². The van der Waals surface area contributed by atoms with Gasteiger partial charge < -0.3 is 10.1 Å². The van der Waals surface area contributed by atoms with Gasteiger partial charge in [0.1, 0.15) is 5.82 Å². The molecule has 0 radical (unpaired) electrons. The monoisotopic (exact) mass is 406 g/mol. The first-order valence-corrected chi connectivity index (χ1v) is 10.2. The van der Waals surface area contributed by atoms with Gasteiger partial charge in [-0.3, -0.25) is 4.90 Å². The summed E-state index contributed by atoms with van der Waals surface area (Å²) < 4.78 is 34.1. The first-order chi connectivity index (χ1) is 13.9. The summed E-state index contributed by atoms with van der Waals surface area (Å²) in [5.74, 6) is -1.37. The van der Waals surface area contributed by atoms with Gasteiger partial charge in [-0.25, -0.2) is 18.4 Å². The summed E-state index contributed by atoms with van der Waals surface area (Å²) in [6.07, 6.45) is 0.706. The third-order valence-electron chi connectivity index (χ3n) is 5.52. The lowest BCUT2D eigenvalue weighted by atomic mass is 9.92. The number of aromatic nitrogens is 4. The van der Waals surface area contributed by atoms with Gasteiger partial charge in [0.2, 0.25) is 5.92 Å². The van der Waals surface area contributed by atoms with Gasteiger partial charge in [-0.05, 0) is 32.8 Å². The second-order valence-corrected chi connectivity index (χ2v) is 8.05. The maximum atomic E-state index is 13.5. The Labute approximate surface area is 169 Å². The molecule has 1 aliphatic heterocycles. The SMILES string of the molecule is Cc1cc(C)n(-c2nc(CN3CCOCC3)cc(NC3CCC(F)(F)CC3)n2)n1. The fourth-order valence-electron chi connectivity index (χ4n) is 3.95. The molecule has 2 fully saturated rings. The minimum absolute atomic E-state index is 0.00549. The zero-order chi connectivity index (χ0) is 20.4. The maximum absolute atomic E-state index is 13.5. The quantitative estimate of drug-likeness (QED) is 0.823. The summed E-state index contributed by atoms with van der Waals surface area (Å²) in [6, 6.07) is 3.90. The van der Waals surface area contributed by atoms with Crippen molar-refractivity contribution >= 4 is 5.82 Å². The van der Waals surface area contributed by atoms with Crippen molar-refractivity contribution in [3.8, 4) is 5.95 Å². The second kappa shape index (κ2) is 8.31. The van der Waals surface area contributed by atoms with E-state index < -0.39 is 5.92 Å². The smallest absolute Gasteiger partial charge is 0.253 e. The van der Waals surface area contributed by atoms with Gasteiger partial charge >= 0.3 is 0 Å². The number of rotatable bonds is 5. The van der Waals surface area contributed by atoms with Crippen LogP contribution in [0.3, 0.4) is 0 Å². The van der Waals surface area contributed by atoms with Crippen molar-refractivity contribution in [1.82, 2.24) is 24.6 Å². The van der Waals surface area contributed by atoms with Crippen LogP contribution in [0, 0.1) is 13.8 Å². The molecule has 0 bridgehead atoms. The van der Waals surface area contributed by atoms with Crippen molar-refractivity contribution in [1.29, 1.82) is 0 Å². The van der Waals surface area contributed by atoms with Gasteiger partial charge in [0, 0.05) is 50.3 Å². The molecular weight excluding hydrogens is 378 g/mol. The molecule has 0 aromatic carbocycles. The number of nitrogens with zero attached hydrogens (tertiary/aromatic N) is 5. The van der Waals surface area contributed by atoms with Crippen molar-refractivity contribution in [3.63, 3.8) is 0 Å². The molecule has 1 saturated carbocycles. The minimum Gasteiger partial charge on any atom is -0.379 e. The van der Waals surface area contributed by atoms with E-state index in [1.165, 1.54) is 0 Å². The van der Waals surface area contributed by atoms with E-state index in [2.05, 4.69) is 20.3 Å². The van der Waals surface area contributed by atoms with E-state index in [-0.39, 0.29) is 18.9 Å². The molecule has 7 nitrogen and oxygen atoms in total. The van der Waals surface area contributed by atoms with E-state index in [1.807, 2.05) is 26.0 Å². The normalized spacial score (nSPS) is 20.7. The first kappa shape index (κ1) is 20.2. The summed E-state index contributed by atoms with van der Waals surface area (Å²) in [7, 11) is 0. The molecule has 0 unspecified atom stereocenters. The van der Waals surface area contributed by atoms with E-state index in [0.717, 1.165) is 43.4 Å². The molecule has 0 spiro atoms. The van der Waals surface area contributed by atoms with E-state index >= 15 is 0 Å². The molecule has 158 valence electrons. The molecule has 2 aliphatic rings. The van der Waals surface area contributed by atoms with Crippen LogP contribution in [0.2, 0.25) is 0 Å². The summed E-state index contributed by atoms with van der Waals surface area (Å²) in [4.78, 5) is 11.7. The molecule has 1 saturated heterocycles. The van der Waals surface area contributed by atoms with Crippen LogP contribution in [0.25, 0.3) is 5.95 Å². The highest BCUT2D eigenvalue weighted by atomic mass is 19.3. The maximum Gasteiger partial charge on any atom is 0.253 e. The average Bonchev–Trinajstić information content (AvgIpc) is 3.02. The van der Waals surface area contributed by atoms with Gasteiger partial charge in [0.05, 0.1) is 24.6 Å². The Hall–Kier alpha value is -2.13. The van der Waals surface area contributed by atoms with Gasteiger partial charge in [0.25, 0.3) is 5.95 Å². The molecule has 1 aliphatic carbocycles. The van der Waals surface area contributed by atoms with E-state index in [1.54, 1.807) is 4.68 Å². The molecule has 29 heavy (non-hydrogen) atoms. The molecule has 0 atom stereocenters. The minimum atomic E-state index is -2.54. The predicted octanol–water partition coefficient (Wildman–Crippen LogP) is 3.10. The number of hydrogen-bond donors (Lipinski definition) is 1. The van der Waals surface area contributed by atoms with Crippen LogP contribution in [0.5, 0.6) is 0 Å². The number of ether oxygens (including phenoxy) is 1. The molecule has 0 amide bonds. The summed E-state index contributed by atoms with van der Waals surface area (Å²) in [6.45, 7) is 7.75. The van der Waals surface area contributed by atoms with Crippen LogP contribution in [0.1, 0.15) is 42.8 Å². The van der Waals surface area contributed by atoms with Crippen molar-refractivity contribution in [2.45, 2.75) is 58.0 Å². The van der Waals surface area contributed by atoms with Crippen LogP contribution >= 0.6 is 0 Å². The van der Waals surface area contributed by atoms with Crippen LogP contribution in [-0.2, 0) is 11.3 Å². The first-order valence-electron chi connectivity index (χ1n) is 10.2. The van der Waals surface area contributed by atoms with Gasteiger partial charge in [-0.2, -0.15) is 10.1 Å². The number of halogens is 2. The highest BCUT2D eigenvalue weighted by Gasteiger charge is 2.35. The molecule has 4 rings (SSSR count). The number of nitrogens with one attached hydrogen (secondary N) is 1. The van der Waals surface area contributed by atoms with Gasteiger partial charge in [-0.15, -0.1) is 0 Å². The standard InChI is InChI=1S/C20H28F2N6O/c1-14-11-15(2)28(26-14)19-24-17(13-27-7-9-29-10-8-27)12-18(25-19)23-16-3-5-20(21,22)6-4-16/h11-12,16H,3-10,13H2,1-2H3,(H,23,24,25). The Bertz CT molecular complexity index is 839. The van der Waals surface area contributed by atoms with Crippen molar-refractivity contribution in [3.05, 3.63) is 29.2 Å². The number of alkyl halides is 2. The Balaban J connectivity index is 1.58. The highest BCUT2D eigenvalue weighted by Crippen LogP contribution is 2.34. The Morgan fingerprint density at radius 1 is 1.14 bits per heavy atom. The largest absolute Gasteiger partial charge is 0.379 e. The molecule has 3 heterocycles. The van der Waals surface area contributed by atoms with Crippen molar-refractivity contribution in [2.75, 3.05) is 31.6 Å². The topological polar surface area (TPSA) is 68.1 Å². The Kier molecular flexibility index (Phi) is 5.78. The van der Waals surface area contributed by atoms with Crippen LogP contribution in [0.4, 0.5) is 14.6 Å². The molecule has 2 aromatic rings. The van der Waals surface area contributed by atoms with Gasteiger partial charge in [0.15, 0.2) is 0 Å². The summed E-state index contributed by atoms with van der Waals surface area (Å²) >= 11 is 0. The Morgan fingerprint density at radius 3 is 2.52 bits per heavy atom. The predicted molar refractivity (Wildman–Crippen MR) is 106 cm³/mol. The lowest BCUT2D eigenvalue weighted by molar-refractivity contribution is -0.0361. The zero-order valence-electron chi connectivity index (χ0n) is 17.0. The van der Waals surface area contributed by atoms with Crippen molar-refractivity contribution in [2.24, 2.45) is 0 Å². The molecule has 2 aromatic heterocycles. The fourth-order valence-corrected chi connectivity index (χ4v) is 3.95. The lowest BCUT2D eigenvalue weighted by Crippen LogP contribution is -2.36. The second-order valence-electron chi connectivity index (χ2n) is 8.05. The van der Waals surface area contributed by atoms with Crippen molar-refractivity contribution < 1.29 is 13.5 Å². The lowest BCUT2D eigenvalue weighted by Gasteiger charge is -2.29. The number of aryl methyl sites for hydroxylation is 2. The fraction of sp³-hybridized carbons (Fsp3) is 0.650. The highest BCUT2D eigenvalue weighted by molar-refractivity contribution is 5.40. The molecular formula is C20H28F2N6O. The van der Waals surface area contributed by atoms with Crippen LogP contribution in [-0.4, -0.2) is 62.9 Å². The van der Waals surface area contributed by atoms with E-state index in [0.29, 0.717) is 31.2 Å². The number of morpholine rings is 1. The average molecular weight is 406 g/mol. The third-order valence-corrected chi connectivity index (χ3v) is 5.52. The van der Waals surface area contributed by atoms with Gasteiger partial charge in [-0.1, -0.05) is 0 Å². The number of anilines is 1. The zero-order valence-corrected chi connectivity index (χ0v) is 17.0. The molecule has 1 N–H and O–H groups in total. The molecule has 9 heteroatoms.